The smallest absolute Gasteiger partial charge is 0.205 e. The second-order valence-corrected chi connectivity index (χ2v) is 7.26. The highest BCUT2D eigenvalue weighted by atomic mass is 19.1. The molecule has 0 unspecified atom stereocenters. The molecule has 0 spiro atoms. The Labute approximate surface area is 176 Å². The van der Waals surface area contributed by atoms with Crippen LogP contribution in [0.15, 0.2) is 60.8 Å². The van der Waals surface area contributed by atoms with Crippen molar-refractivity contribution in [1.82, 2.24) is 24.7 Å². The lowest BCUT2D eigenvalue weighted by Crippen LogP contribution is -1.96. The van der Waals surface area contributed by atoms with E-state index in [2.05, 4.69) is 25.4 Å². The topological polar surface area (TPSA) is 71.4 Å². The fourth-order valence-electron chi connectivity index (χ4n) is 3.54. The molecule has 2 N–H and O–H groups in total. The number of H-pyrrole nitrogens is 1. The molecule has 0 aliphatic rings. The van der Waals surface area contributed by atoms with Gasteiger partial charge >= 0.3 is 0 Å². The molecule has 0 fully saturated rings. The molecule has 3 heterocycles. The summed E-state index contributed by atoms with van der Waals surface area (Å²) in [5, 5.41) is 8.17. The van der Waals surface area contributed by atoms with Crippen LogP contribution in [0.25, 0.3) is 33.5 Å². The minimum atomic E-state index is -0.704. The molecule has 0 aliphatic carbocycles. The van der Waals surface area contributed by atoms with Gasteiger partial charge in [0.15, 0.2) is 0 Å². The number of imidazole rings is 1. The lowest BCUT2D eigenvalue weighted by atomic mass is 10.1. The molecule has 0 saturated heterocycles. The highest BCUT2D eigenvalue weighted by Crippen LogP contribution is 2.33. The van der Waals surface area contributed by atoms with Gasteiger partial charge in [-0.3, -0.25) is 9.67 Å². The van der Waals surface area contributed by atoms with Crippen LogP contribution in [0.4, 0.5) is 20.4 Å². The van der Waals surface area contributed by atoms with Gasteiger partial charge in [-0.25, -0.2) is 13.8 Å². The van der Waals surface area contributed by atoms with Gasteiger partial charge in [-0.2, -0.15) is 5.10 Å². The van der Waals surface area contributed by atoms with Crippen LogP contribution in [0.2, 0.25) is 0 Å². The van der Waals surface area contributed by atoms with E-state index in [1.165, 1.54) is 12.1 Å². The number of rotatable bonds is 4. The van der Waals surface area contributed by atoms with E-state index in [9.17, 15) is 8.78 Å². The van der Waals surface area contributed by atoms with Gasteiger partial charge in [-0.15, -0.1) is 0 Å². The SMILES string of the molecule is Cc1cccc(-c2[nH]c(Nc3ccc(F)cc3F)nc2-c2ccc3c(cnn3C)c2)n1. The third-order valence-electron chi connectivity index (χ3n) is 5.05. The van der Waals surface area contributed by atoms with Crippen LogP contribution in [0.3, 0.4) is 0 Å². The summed E-state index contributed by atoms with van der Waals surface area (Å²) in [7, 11) is 1.89. The number of aromatic amines is 1. The Bertz CT molecular complexity index is 1420. The highest BCUT2D eigenvalue weighted by molar-refractivity contribution is 5.87. The minimum absolute atomic E-state index is 0.119. The van der Waals surface area contributed by atoms with Crippen molar-refractivity contribution in [1.29, 1.82) is 0 Å². The summed E-state index contributed by atoms with van der Waals surface area (Å²) >= 11 is 0. The summed E-state index contributed by atoms with van der Waals surface area (Å²) in [6.07, 6.45) is 1.79. The van der Waals surface area contributed by atoms with E-state index in [-0.39, 0.29) is 5.69 Å². The van der Waals surface area contributed by atoms with Crippen molar-refractivity contribution in [2.45, 2.75) is 6.92 Å². The molecule has 0 saturated carbocycles. The summed E-state index contributed by atoms with van der Waals surface area (Å²) in [6, 6.07) is 15.0. The molecule has 6 nitrogen and oxygen atoms in total. The molecule has 5 rings (SSSR count). The molecule has 2 aromatic carbocycles. The number of aryl methyl sites for hydroxylation is 2. The van der Waals surface area contributed by atoms with Crippen LogP contribution in [0, 0.1) is 18.6 Å². The first-order valence-corrected chi connectivity index (χ1v) is 9.66. The van der Waals surface area contributed by atoms with Crippen molar-refractivity contribution < 1.29 is 8.78 Å². The van der Waals surface area contributed by atoms with E-state index >= 15 is 0 Å². The third kappa shape index (κ3) is 3.52. The predicted molar refractivity (Wildman–Crippen MR) is 116 cm³/mol. The lowest BCUT2D eigenvalue weighted by Gasteiger charge is -2.04. The van der Waals surface area contributed by atoms with Crippen LogP contribution in [0.1, 0.15) is 5.69 Å². The van der Waals surface area contributed by atoms with Crippen molar-refractivity contribution in [2.75, 3.05) is 5.32 Å². The molecule has 5 aromatic rings. The Morgan fingerprint density at radius 2 is 1.87 bits per heavy atom. The molecule has 154 valence electrons. The monoisotopic (exact) mass is 416 g/mol. The summed E-state index contributed by atoms with van der Waals surface area (Å²) in [5.74, 6) is -1.02. The number of aromatic nitrogens is 5. The normalized spacial score (nSPS) is 11.2. The number of nitrogens with one attached hydrogen (secondary N) is 2. The van der Waals surface area contributed by atoms with E-state index in [4.69, 9.17) is 0 Å². The standard InChI is InChI=1S/C23H18F2N6/c1-13-4-3-5-19(27-13)22-21(14-6-9-20-15(10-14)12-26-31(20)2)29-23(30-22)28-18-8-7-16(24)11-17(18)25/h3-12H,1-2H3,(H2,28,29,30). The van der Waals surface area contributed by atoms with E-state index < -0.39 is 11.6 Å². The number of pyridine rings is 1. The predicted octanol–water partition coefficient (Wildman–Crippen LogP) is 5.36. The zero-order valence-electron chi connectivity index (χ0n) is 16.8. The van der Waals surface area contributed by atoms with Gasteiger partial charge in [0, 0.05) is 29.8 Å². The highest BCUT2D eigenvalue weighted by Gasteiger charge is 2.17. The van der Waals surface area contributed by atoms with Gasteiger partial charge in [0.1, 0.15) is 11.6 Å². The van der Waals surface area contributed by atoms with Crippen LogP contribution in [-0.4, -0.2) is 24.7 Å². The van der Waals surface area contributed by atoms with E-state index in [0.29, 0.717) is 23.0 Å². The van der Waals surface area contributed by atoms with Gasteiger partial charge in [0.25, 0.3) is 0 Å². The summed E-state index contributed by atoms with van der Waals surface area (Å²) in [6.45, 7) is 1.91. The molecular weight excluding hydrogens is 398 g/mol. The summed E-state index contributed by atoms with van der Waals surface area (Å²) in [5.41, 5.74) is 4.91. The van der Waals surface area contributed by atoms with Gasteiger partial charge in [0.2, 0.25) is 5.95 Å². The van der Waals surface area contributed by atoms with E-state index in [1.54, 1.807) is 10.9 Å². The zero-order valence-corrected chi connectivity index (χ0v) is 16.8. The zero-order chi connectivity index (χ0) is 21.5. The molecule has 0 aliphatic heterocycles. The average Bonchev–Trinajstić information content (AvgIpc) is 3.34. The Kier molecular flexibility index (Phi) is 4.47. The Morgan fingerprint density at radius 1 is 1.00 bits per heavy atom. The van der Waals surface area contributed by atoms with Crippen molar-refractivity contribution in [3.05, 3.63) is 78.1 Å². The molecule has 0 radical (unpaired) electrons. The van der Waals surface area contributed by atoms with Crippen molar-refractivity contribution in [3.63, 3.8) is 0 Å². The fraction of sp³-hybridized carbons (Fsp3) is 0.0870. The van der Waals surface area contributed by atoms with Crippen LogP contribution in [-0.2, 0) is 7.05 Å². The maximum Gasteiger partial charge on any atom is 0.205 e. The first-order valence-electron chi connectivity index (χ1n) is 9.66. The molecule has 0 amide bonds. The largest absolute Gasteiger partial charge is 0.323 e. The van der Waals surface area contributed by atoms with Gasteiger partial charge < -0.3 is 10.3 Å². The Hall–Kier alpha value is -4.07. The van der Waals surface area contributed by atoms with Crippen LogP contribution in [0.5, 0.6) is 0 Å². The quantitative estimate of drug-likeness (QED) is 0.414. The molecule has 0 bridgehead atoms. The minimum Gasteiger partial charge on any atom is -0.323 e. The average molecular weight is 416 g/mol. The number of hydrogen-bond donors (Lipinski definition) is 2. The van der Waals surface area contributed by atoms with Crippen molar-refractivity contribution in [2.24, 2.45) is 7.05 Å². The number of halogens is 2. The molecule has 0 atom stereocenters. The van der Waals surface area contributed by atoms with Crippen molar-refractivity contribution in [3.8, 4) is 22.6 Å². The molecular formula is C23H18F2N6. The number of hydrogen-bond acceptors (Lipinski definition) is 4. The molecule has 3 aromatic heterocycles. The molecule has 8 heteroatoms. The maximum absolute atomic E-state index is 14.2. The van der Waals surface area contributed by atoms with Crippen LogP contribution >= 0.6 is 0 Å². The summed E-state index contributed by atoms with van der Waals surface area (Å²) in [4.78, 5) is 12.5. The van der Waals surface area contributed by atoms with Gasteiger partial charge in [-0.1, -0.05) is 12.1 Å². The number of anilines is 2. The van der Waals surface area contributed by atoms with E-state index in [0.717, 1.165) is 28.2 Å². The van der Waals surface area contributed by atoms with E-state index in [1.807, 2.05) is 50.4 Å². The second kappa shape index (κ2) is 7.32. The molecule has 31 heavy (non-hydrogen) atoms. The van der Waals surface area contributed by atoms with Crippen molar-refractivity contribution >= 4 is 22.5 Å². The first-order chi connectivity index (χ1) is 15.0. The van der Waals surface area contributed by atoms with Gasteiger partial charge in [-0.05, 0) is 43.3 Å². The Balaban J connectivity index is 1.64. The number of benzene rings is 2. The first kappa shape index (κ1) is 18.9. The van der Waals surface area contributed by atoms with Gasteiger partial charge in [0.05, 0.1) is 34.5 Å². The lowest BCUT2D eigenvalue weighted by molar-refractivity contribution is 0.586. The second-order valence-electron chi connectivity index (χ2n) is 7.26. The Morgan fingerprint density at radius 3 is 2.68 bits per heavy atom. The summed E-state index contributed by atoms with van der Waals surface area (Å²) < 4.78 is 29.2. The van der Waals surface area contributed by atoms with Crippen LogP contribution < -0.4 is 5.32 Å². The number of nitrogens with zero attached hydrogens (tertiary/aromatic N) is 4. The fourth-order valence-corrected chi connectivity index (χ4v) is 3.54. The third-order valence-corrected chi connectivity index (χ3v) is 5.05. The maximum atomic E-state index is 14.2. The number of fused-ring (bicyclic) bond motifs is 1.